The van der Waals surface area contributed by atoms with Crippen molar-refractivity contribution in [3.8, 4) is 0 Å². The molecule has 2 heterocycles. The van der Waals surface area contributed by atoms with Crippen LogP contribution in [0.3, 0.4) is 0 Å². The van der Waals surface area contributed by atoms with Crippen LogP contribution >= 0.6 is 0 Å². The van der Waals surface area contributed by atoms with Crippen LogP contribution in [0.1, 0.15) is 81.9 Å². The van der Waals surface area contributed by atoms with Crippen molar-refractivity contribution < 1.29 is 62.5 Å². The van der Waals surface area contributed by atoms with Crippen molar-refractivity contribution >= 4 is 53.4 Å². The number of hydrogen-bond acceptors (Lipinski definition) is 11. The van der Waals surface area contributed by atoms with Gasteiger partial charge in [-0.1, -0.05) is 36.4 Å². The first kappa shape index (κ1) is 50.6. The van der Waals surface area contributed by atoms with E-state index in [0.29, 0.717) is 57.6 Å². The zero-order valence-corrected chi connectivity index (χ0v) is 38.6. The zero-order valence-electron chi connectivity index (χ0n) is 36.2. The third-order valence-electron chi connectivity index (χ3n) is 11.5. The van der Waals surface area contributed by atoms with Gasteiger partial charge in [-0.05, 0) is 100 Å². The Morgan fingerprint density at radius 3 is 2.03 bits per heavy atom. The Balaban J connectivity index is 1.72. The van der Waals surface area contributed by atoms with Crippen molar-refractivity contribution in [3.63, 3.8) is 0 Å². The standard InChI is InChI=1S/C44H60N2O13S3/c1-43(24-14-30-60(49,50)51)36-32-34(23-28-57-3)19-21-38(36)45(26-13-9-12-18-42(47)48)40(43)16-10-7-6-8-11-17-41-44(2,25-15-31-61(52,53)54)37-33-35(62(55,56)59-5)20-22-39(37)46(41)27-29-58-4/h6-8,10-11,16-17,19-22,32-33H,9,12-15,18,23-31H2,1-5H3,(H2-,47,48,49,50,51,52,53,54)/p+1. The van der Waals surface area contributed by atoms with Crippen LogP contribution in [-0.2, 0) is 66.1 Å². The van der Waals surface area contributed by atoms with Gasteiger partial charge in [-0.25, -0.2) is 0 Å². The normalized spacial score (nSPS) is 20.1. The molecule has 2 atom stereocenters. The number of carboxylic acid groups (broad SMARTS) is 1. The van der Waals surface area contributed by atoms with Crippen molar-refractivity contribution in [1.82, 2.24) is 0 Å². The van der Waals surface area contributed by atoms with Gasteiger partial charge < -0.3 is 19.5 Å². The van der Waals surface area contributed by atoms with Gasteiger partial charge in [-0.15, -0.1) is 0 Å². The number of benzene rings is 2. The van der Waals surface area contributed by atoms with E-state index in [2.05, 4.69) is 29.7 Å². The number of anilines is 1. The fourth-order valence-electron chi connectivity index (χ4n) is 8.37. The Labute approximate surface area is 367 Å². The summed E-state index contributed by atoms with van der Waals surface area (Å²) in [5.41, 5.74) is 4.70. The average molecular weight is 922 g/mol. The lowest BCUT2D eigenvalue weighted by atomic mass is 9.75. The van der Waals surface area contributed by atoms with Gasteiger partial charge in [0, 0.05) is 68.1 Å². The number of rotatable bonds is 26. The van der Waals surface area contributed by atoms with Gasteiger partial charge in [0.15, 0.2) is 5.71 Å². The number of carboxylic acids is 1. The van der Waals surface area contributed by atoms with Crippen molar-refractivity contribution in [2.75, 3.05) is 64.0 Å². The van der Waals surface area contributed by atoms with Crippen LogP contribution in [0.25, 0.3) is 0 Å². The maximum Gasteiger partial charge on any atom is 0.303 e. The van der Waals surface area contributed by atoms with Crippen LogP contribution < -0.4 is 4.90 Å². The topological polar surface area (TPSA) is 214 Å². The summed E-state index contributed by atoms with van der Waals surface area (Å²) in [6, 6.07) is 11.0. The van der Waals surface area contributed by atoms with E-state index in [9.17, 15) is 39.2 Å². The van der Waals surface area contributed by atoms with E-state index in [1.165, 1.54) is 6.07 Å². The number of nitrogens with zero attached hydrogens (tertiary/aromatic N) is 2. The fraction of sp³-hybridized carbons (Fsp3) is 0.500. The molecule has 2 aromatic rings. The van der Waals surface area contributed by atoms with Crippen LogP contribution in [0, 0.1) is 0 Å². The molecule has 15 nitrogen and oxygen atoms in total. The summed E-state index contributed by atoms with van der Waals surface area (Å²) in [5.74, 6) is -1.69. The van der Waals surface area contributed by atoms with Gasteiger partial charge in [0.2, 0.25) is 5.69 Å². The molecule has 0 aliphatic carbocycles. The molecule has 0 radical (unpaired) electrons. The largest absolute Gasteiger partial charge is 0.481 e. The number of ether oxygens (including phenoxy) is 2. The van der Waals surface area contributed by atoms with E-state index in [4.69, 9.17) is 18.8 Å². The molecule has 0 spiro atoms. The summed E-state index contributed by atoms with van der Waals surface area (Å²) >= 11 is 0. The second kappa shape index (κ2) is 22.1. The molecule has 0 aromatic heterocycles. The van der Waals surface area contributed by atoms with Gasteiger partial charge in [0.1, 0.15) is 6.54 Å². The van der Waals surface area contributed by atoms with Gasteiger partial charge in [0.05, 0.1) is 42.1 Å². The number of allylic oxidation sites excluding steroid dienone is 8. The summed E-state index contributed by atoms with van der Waals surface area (Å²) in [5, 5.41) is 9.16. The highest BCUT2D eigenvalue weighted by atomic mass is 32.2. The van der Waals surface area contributed by atoms with Crippen molar-refractivity contribution in [2.45, 2.75) is 87.4 Å². The molecule has 2 unspecified atom stereocenters. The first-order chi connectivity index (χ1) is 29.2. The second-order valence-electron chi connectivity index (χ2n) is 15.9. The summed E-state index contributed by atoms with van der Waals surface area (Å²) in [7, 11) is -8.18. The van der Waals surface area contributed by atoms with Crippen molar-refractivity contribution in [2.24, 2.45) is 0 Å². The molecule has 2 aliphatic rings. The third kappa shape index (κ3) is 13.3. The molecule has 2 aliphatic heterocycles. The molecular weight excluding hydrogens is 861 g/mol. The second-order valence-corrected chi connectivity index (χ2v) is 20.8. The minimum atomic E-state index is -4.25. The first-order valence-corrected chi connectivity index (χ1v) is 25.2. The molecule has 0 bridgehead atoms. The number of carbonyl (C=O) groups is 1. The fourth-order valence-corrected chi connectivity index (χ4v) is 10.1. The summed E-state index contributed by atoms with van der Waals surface area (Å²) in [6.45, 7) is 5.88. The molecule has 0 amide bonds. The lowest BCUT2D eigenvalue weighted by molar-refractivity contribution is -0.438. The molecule has 342 valence electrons. The minimum absolute atomic E-state index is 0.0426. The zero-order chi connectivity index (χ0) is 45.8. The Hall–Kier alpha value is -4.01. The maximum absolute atomic E-state index is 12.7. The van der Waals surface area contributed by atoms with Crippen LogP contribution in [0.2, 0.25) is 0 Å². The number of unbranched alkanes of at least 4 members (excludes halogenated alkanes) is 2. The van der Waals surface area contributed by atoms with Crippen LogP contribution in [0.15, 0.2) is 89.5 Å². The molecule has 62 heavy (non-hydrogen) atoms. The van der Waals surface area contributed by atoms with E-state index >= 15 is 0 Å². The van der Waals surface area contributed by atoms with Gasteiger partial charge in [-0.2, -0.15) is 29.8 Å². The van der Waals surface area contributed by atoms with E-state index in [-0.39, 0.29) is 36.3 Å². The molecule has 0 saturated heterocycles. The Bertz CT molecular complexity index is 2410. The van der Waals surface area contributed by atoms with Crippen LogP contribution in [0.5, 0.6) is 0 Å². The molecule has 0 saturated carbocycles. The Morgan fingerprint density at radius 1 is 0.758 bits per heavy atom. The highest BCUT2D eigenvalue weighted by Crippen LogP contribution is 2.51. The van der Waals surface area contributed by atoms with E-state index in [1.807, 2.05) is 54.4 Å². The average Bonchev–Trinajstić information content (AvgIpc) is 3.56. The molecule has 0 fully saturated rings. The quantitative estimate of drug-likeness (QED) is 0.0301. The van der Waals surface area contributed by atoms with Gasteiger partial charge in [-0.3, -0.25) is 18.1 Å². The number of aliphatic carboxylic acids is 1. The van der Waals surface area contributed by atoms with Crippen molar-refractivity contribution in [3.05, 3.63) is 101 Å². The third-order valence-corrected chi connectivity index (χ3v) is 14.4. The Morgan fingerprint density at radius 2 is 1.40 bits per heavy atom. The summed E-state index contributed by atoms with van der Waals surface area (Å²) in [6.07, 6.45) is 16.9. The lowest BCUT2D eigenvalue weighted by Crippen LogP contribution is -2.32. The minimum Gasteiger partial charge on any atom is -0.481 e. The van der Waals surface area contributed by atoms with Crippen LogP contribution in [0.4, 0.5) is 11.4 Å². The number of hydrogen-bond donors (Lipinski definition) is 3. The predicted molar refractivity (Wildman–Crippen MR) is 239 cm³/mol. The Kier molecular flexibility index (Phi) is 18.0. The predicted octanol–water partition coefficient (Wildman–Crippen LogP) is 6.52. The van der Waals surface area contributed by atoms with E-state index < -0.39 is 52.9 Å². The van der Waals surface area contributed by atoms with Gasteiger partial charge >= 0.3 is 5.97 Å². The highest BCUT2D eigenvalue weighted by Gasteiger charge is 2.47. The van der Waals surface area contributed by atoms with Crippen LogP contribution in [-0.4, -0.2) is 115 Å². The van der Waals surface area contributed by atoms with E-state index in [1.54, 1.807) is 26.4 Å². The molecular formula is C44H61N2O13S3+. The smallest absolute Gasteiger partial charge is 0.303 e. The SMILES string of the molecule is COCCc1ccc2c(c1)C(C)(CCCS(=O)(=O)O)C(C=CC=CC=CC=C1N(CCOC)c3ccc(S(=O)(=O)OC)cc3C1(C)CCCS(=O)(=O)O)=[N+]2CCCCCC(=O)O. The maximum atomic E-state index is 12.7. The summed E-state index contributed by atoms with van der Waals surface area (Å²) < 4.78 is 109. The summed E-state index contributed by atoms with van der Waals surface area (Å²) in [4.78, 5) is 13.1. The monoisotopic (exact) mass is 921 g/mol. The first-order valence-electron chi connectivity index (χ1n) is 20.5. The van der Waals surface area contributed by atoms with Crippen molar-refractivity contribution in [1.29, 1.82) is 0 Å². The lowest BCUT2D eigenvalue weighted by Gasteiger charge is -2.30. The van der Waals surface area contributed by atoms with Gasteiger partial charge in [0.25, 0.3) is 30.4 Å². The molecule has 3 N–H and O–H groups in total. The molecule has 4 rings (SSSR count). The molecule has 2 aromatic carbocycles. The molecule has 18 heteroatoms. The highest BCUT2D eigenvalue weighted by molar-refractivity contribution is 7.86. The number of methoxy groups -OCH3 is 2. The van der Waals surface area contributed by atoms with E-state index in [0.717, 1.165) is 47.4 Å². The number of fused-ring (bicyclic) bond motifs is 2.